The van der Waals surface area contributed by atoms with Crippen LogP contribution in [-0.2, 0) is 6.54 Å². The van der Waals surface area contributed by atoms with Crippen molar-refractivity contribution in [3.05, 3.63) is 10.7 Å². The van der Waals surface area contributed by atoms with Crippen molar-refractivity contribution in [2.75, 3.05) is 5.73 Å². The zero-order valence-corrected chi connectivity index (χ0v) is 10.3. The molecule has 1 rings (SSSR count). The Hall–Kier alpha value is -0.700. The zero-order chi connectivity index (χ0) is 11.3. The molecule has 0 aliphatic carbocycles. The van der Waals surface area contributed by atoms with Crippen LogP contribution in [0, 0.1) is 6.92 Å². The van der Waals surface area contributed by atoms with Crippen LogP contribution < -0.4 is 5.73 Å². The second-order valence-electron chi connectivity index (χ2n) is 3.92. The zero-order valence-electron chi connectivity index (χ0n) is 9.59. The van der Waals surface area contributed by atoms with Crippen molar-refractivity contribution in [2.45, 2.75) is 52.5 Å². The number of anilines is 1. The number of hydrogen-bond acceptors (Lipinski definition) is 2. The van der Waals surface area contributed by atoms with Gasteiger partial charge in [0.05, 0.1) is 5.69 Å². The molecule has 4 heteroatoms. The van der Waals surface area contributed by atoms with E-state index in [1.54, 1.807) is 0 Å². The summed E-state index contributed by atoms with van der Waals surface area (Å²) in [5.41, 5.74) is 6.63. The Morgan fingerprint density at radius 1 is 1.27 bits per heavy atom. The van der Waals surface area contributed by atoms with E-state index in [9.17, 15) is 0 Å². The lowest BCUT2D eigenvalue weighted by molar-refractivity contribution is 0.536. The number of rotatable bonds is 6. The number of nitrogens with zero attached hydrogens (tertiary/aromatic N) is 2. The first-order valence-electron chi connectivity index (χ1n) is 5.65. The standard InChI is InChI=1S/C11H20ClN3/c1-3-4-5-6-7-8-15-11(13)10(12)9(2)14-15/h3-8,13H2,1-2H3. The summed E-state index contributed by atoms with van der Waals surface area (Å²) >= 11 is 5.95. The number of nitrogen functional groups attached to an aromatic ring is 1. The van der Waals surface area contributed by atoms with Crippen molar-refractivity contribution in [2.24, 2.45) is 0 Å². The van der Waals surface area contributed by atoms with Gasteiger partial charge in [0, 0.05) is 6.54 Å². The van der Waals surface area contributed by atoms with Crippen molar-refractivity contribution >= 4 is 17.4 Å². The topological polar surface area (TPSA) is 43.8 Å². The molecule has 0 aromatic carbocycles. The first-order valence-corrected chi connectivity index (χ1v) is 6.03. The van der Waals surface area contributed by atoms with Crippen LogP contribution in [0.3, 0.4) is 0 Å². The van der Waals surface area contributed by atoms with Gasteiger partial charge in [-0.2, -0.15) is 5.10 Å². The summed E-state index contributed by atoms with van der Waals surface area (Å²) in [6.07, 6.45) is 6.25. The number of hydrogen-bond donors (Lipinski definition) is 1. The molecule has 0 spiro atoms. The number of nitrogens with two attached hydrogens (primary N) is 1. The molecular weight excluding hydrogens is 210 g/mol. The maximum atomic E-state index is 5.95. The lowest BCUT2D eigenvalue weighted by Gasteiger charge is -2.03. The number of aryl methyl sites for hydroxylation is 2. The molecule has 0 saturated carbocycles. The molecule has 15 heavy (non-hydrogen) atoms. The minimum Gasteiger partial charge on any atom is -0.383 e. The van der Waals surface area contributed by atoms with Gasteiger partial charge in [-0.05, 0) is 13.3 Å². The summed E-state index contributed by atoms with van der Waals surface area (Å²) in [5.74, 6) is 0.602. The predicted octanol–water partition coefficient (Wildman–Crippen LogP) is 3.40. The molecule has 0 saturated heterocycles. The van der Waals surface area contributed by atoms with Gasteiger partial charge in [0.25, 0.3) is 0 Å². The fraction of sp³-hybridized carbons (Fsp3) is 0.727. The normalized spacial score (nSPS) is 10.9. The molecule has 3 nitrogen and oxygen atoms in total. The smallest absolute Gasteiger partial charge is 0.140 e. The first kappa shape index (κ1) is 12.4. The van der Waals surface area contributed by atoms with E-state index in [-0.39, 0.29) is 0 Å². The molecular formula is C11H20ClN3. The van der Waals surface area contributed by atoms with E-state index in [0.717, 1.165) is 18.7 Å². The molecule has 0 bridgehead atoms. The van der Waals surface area contributed by atoms with E-state index in [4.69, 9.17) is 17.3 Å². The van der Waals surface area contributed by atoms with Gasteiger partial charge >= 0.3 is 0 Å². The molecule has 86 valence electrons. The van der Waals surface area contributed by atoms with Crippen LogP contribution in [-0.4, -0.2) is 9.78 Å². The summed E-state index contributed by atoms with van der Waals surface area (Å²) in [6, 6.07) is 0. The van der Waals surface area contributed by atoms with Gasteiger partial charge in [0.2, 0.25) is 0 Å². The number of aromatic nitrogens is 2. The summed E-state index contributed by atoms with van der Waals surface area (Å²) in [6.45, 7) is 4.98. The van der Waals surface area contributed by atoms with Crippen molar-refractivity contribution < 1.29 is 0 Å². The third-order valence-electron chi connectivity index (χ3n) is 2.56. The predicted molar refractivity (Wildman–Crippen MR) is 65.1 cm³/mol. The molecule has 1 aromatic rings. The summed E-state index contributed by atoms with van der Waals surface area (Å²) in [7, 11) is 0. The van der Waals surface area contributed by atoms with Crippen molar-refractivity contribution in [1.82, 2.24) is 9.78 Å². The lowest BCUT2D eigenvalue weighted by atomic mass is 10.1. The van der Waals surface area contributed by atoms with Crippen LogP contribution in [0.1, 0.15) is 44.7 Å². The summed E-state index contributed by atoms with van der Waals surface area (Å²) < 4.78 is 1.81. The van der Waals surface area contributed by atoms with Gasteiger partial charge in [0.15, 0.2) is 0 Å². The molecule has 0 radical (unpaired) electrons. The van der Waals surface area contributed by atoms with E-state index in [2.05, 4.69) is 12.0 Å². The quantitative estimate of drug-likeness (QED) is 0.760. The third kappa shape index (κ3) is 3.42. The van der Waals surface area contributed by atoms with Crippen LogP contribution in [0.25, 0.3) is 0 Å². The minimum atomic E-state index is 0.601. The average molecular weight is 230 g/mol. The van der Waals surface area contributed by atoms with Gasteiger partial charge < -0.3 is 5.73 Å². The largest absolute Gasteiger partial charge is 0.383 e. The lowest BCUT2D eigenvalue weighted by Crippen LogP contribution is -2.04. The highest BCUT2D eigenvalue weighted by atomic mass is 35.5. The number of halogens is 1. The average Bonchev–Trinajstić information content (AvgIpc) is 2.46. The highest BCUT2D eigenvalue weighted by Crippen LogP contribution is 2.22. The molecule has 0 unspecified atom stereocenters. The van der Waals surface area contributed by atoms with Crippen LogP contribution in [0.5, 0.6) is 0 Å². The second kappa shape index (κ2) is 6.01. The minimum absolute atomic E-state index is 0.601. The van der Waals surface area contributed by atoms with Gasteiger partial charge in [-0.25, -0.2) is 4.68 Å². The maximum absolute atomic E-state index is 5.95. The van der Waals surface area contributed by atoms with Gasteiger partial charge in [-0.15, -0.1) is 0 Å². The van der Waals surface area contributed by atoms with E-state index in [0.29, 0.717) is 10.8 Å². The van der Waals surface area contributed by atoms with Crippen LogP contribution in [0.2, 0.25) is 5.02 Å². The fourth-order valence-corrected chi connectivity index (χ4v) is 1.75. The Morgan fingerprint density at radius 2 is 1.93 bits per heavy atom. The van der Waals surface area contributed by atoms with Gasteiger partial charge in [-0.3, -0.25) is 0 Å². The SMILES string of the molecule is CCCCCCCn1nc(C)c(Cl)c1N. The Morgan fingerprint density at radius 3 is 2.47 bits per heavy atom. The Bertz CT molecular complexity index is 307. The molecule has 0 aliphatic heterocycles. The summed E-state index contributed by atoms with van der Waals surface area (Å²) in [4.78, 5) is 0. The first-order chi connectivity index (χ1) is 7.16. The Kier molecular flexibility index (Phi) is 4.95. The second-order valence-corrected chi connectivity index (χ2v) is 4.30. The molecule has 1 heterocycles. The van der Waals surface area contributed by atoms with E-state index in [1.165, 1.54) is 25.7 Å². The molecule has 0 fully saturated rings. The molecule has 2 N–H and O–H groups in total. The number of unbranched alkanes of at least 4 members (excludes halogenated alkanes) is 4. The van der Waals surface area contributed by atoms with Crippen LogP contribution >= 0.6 is 11.6 Å². The maximum Gasteiger partial charge on any atom is 0.140 e. The van der Waals surface area contributed by atoms with Gasteiger partial charge in [0.1, 0.15) is 10.8 Å². The Labute approximate surface area is 96.6 Å². The van der Waals surface area contributed by atoms with E-state index in [1.807, 2.05) is 11.6 Å². The Balaban J connectivity index is 2.34. The summed E-state index contributed by atoms with van der Waals surface area (Å²) in [5, 5.41) is 4.89. The highest BCUT2D eigenvalue weighted by molar-refractivity contribution is 6.33. The molecule has 0 aliphatic rings. The van der Waals surface area contributed by atoms with Crippen LogP contribution in [0.15, 0.2) is 0 Å². The monoisotopic (exact) mass is 229 g/mol. The van der Waals surface area contributed by atoms with Crippen molar-refractivity contribution in [3.63, 3.8) is 0 Å². The fourth-order valence-electron chi connectivity index (χ4n) is 1.61. The van der Waals surface area contributed by atoms with Gasteiger partial charge in [-0.1, -0.05) is 44.2 Å². The molecule has 1 aromatic heterocycles. The third-order valence-corrected chi connectivity index (χ3v) is 3.03. The highest BCUT2D eigenvalue weighted by Gasteiger charge is 2.08. The van der Waals surface area contributed by atoms with E-state index >= 15 is 0 Å². The molecule has 0 atom stereocenters. The molecule has 0 amide bonds. The van der Waals surface area contributed by atoms with Crippen molar-refractivity contribution in [3.8, 4) is 0 Å². The van der Waals surface area contributed by atoms with E-state index < -0.39 is 0 Å². The van der Waals surface area contributed by atoms with Crippen LogP contribution in [0.4, 0.5) is 5.82 Å². The van der Waals surface area contributed by atoms with Crippen molar-refractivity contribution in [1.29, 1.82) is 0 Å².